The van der Waals surface area contributed by atoms with E-state index in [9.17, 15) is 13.9 Å². The molecule has 1 fully saturated rings. The molecule has 5 rings (SSSR count). The van der Waals surface area contributed by atoms with Crippen molar-refractivity contribution < 1.29 is 18.6 Å². The summed E-state index contributed by atoms with van der Waals surface area (Å²) in [5.41, 5.74) is 1.17. The van der Waals surface area contributed by atoms with Gasteiger partial charge in [0.1, 0.15) is 41.2 Å². The molecule has 0 bridgehead atoms. The van der Waals surface area contributed by atoms with Crippen LogP contribution in [-0.2, 0) is 5.60 Å². The van der Waals surface area contributed by atoms with Crippen LogP contribution in [0.5, 0.6) is 5.75 Å². The SMILES string of the molecule is Cc1c(-c2cc(OCC(C)(O)c3ccc(F)cn3)c3c(Cl)cnn3c2)nnn1[C@@H]1CCNC[C@@H]1F.Cl. The van der Waals surface area contributed by atoms with Crippen molar-refractivity contribution >= 4 is 29.5 Å². The first-order valence-corrected chi connectivity index (χ1v) is 11.5. The Hall–Kier alpha value is -2.86. The molecule has 0 aromatic carbocycles. The minimum Gasteiger partial charge on any atom is -0.488 e. The molecule has 0 aliphatic carbocycles. The maximum Gasteiger partial charge on any atom is 0.147 e. The van der Waals surface area contributed by atoms with E-state index in [0.717, 1.165) is 6.20 Å². The molecule has 1 aliphatic rings. The van der Waals surface area contributed by atoms with Crippen molar-refractivity contribution in [3.8, 4) is 17.0 Å². The lowest BCUT2D eigenvalue weighted by atomic mass is 10.0. The molecule has 3 atom stereocenters. The van der Waals surface area contributed by atoms with Gasteiger partial charge in [0.15, 0.2) is 0 Å². The fourth-order valence-electron chi connectivity index (χ4n) is 4.28. The molecule has 0 saturated carbocycles. The van der Waals surface area contributed by atoms with Gasteiger partial charge in [0.05, 0.1) is 34.8 Å². The Balaban J connectivity index is 0.00000304. The van der Waals surface area contributed by atoms with E-state index in [1.165, 1.54) is 25.3 Å². The van der Waals surface area contributed by atoms with E-state index in [1.807, 2.05) is 6.92 Å². The number of fused-ring (bicyclic) bond motifs is 1. The Morgan fingerprint density at radius 1 is 1.33 bits per heavy atom. The topological polar surface area (TPSA) is 102 Å². The van der Waals surface area contributed by atoms with Gasteiger partial charge >= 0.3 is 0 Å². The fraction of sp³-hybridized carbons (Fsp3) is 0.391. The van der Waals surface area contributed by atoms with Gasteiger partial charge in [-0.05, 0) is 45.0 Å². The standard InChI is InChI=1S/C23H24ClF2N7O2.ClH/c1-13-21(30-31-33(13)18-5-6-27-10-17(18)26)14-7-19(22-16(24)9-29-32(22)11-14)35-12-23(2,34)20-4-3-15(25)8-28-20;/h3-4,7-9,11,17-18,27,34H,5-6,10,12H2,1-2H3;1H/t17-,18+,23?;/m0./s1. The summed E-state index contributed by atoms with van der Waals surface area (Å²) in [6.07, 6.45) is 3.81. The molecule has 36 heavy (non-hydrogen) atoms. The van der Waals surface area contributed by atoms with Crippen LogP contribution < -0.4 is 10.1 Å². The molecule has 0 radical (unpaired) electrons. The van der Waals surface area contributed by atoms with Gasteiger partial charge in [-0.2, -0.15) is 5.10 Å². The van der Waals surface area contributed by atoms with Crippen molar-refractivity contribution in [2.45, 2.75) is 38.1 Å². The third kappa shape index (κ3) is 4.88. The van der Waals surface area contributed by atoms with Crippen LogP contribution in [0.4, 0.5) is 8.78 Å². The second-order valence-corrected chi connectivity index (χ2v) is 9.25. The van der Waals surface area contributed by atoms with Crippen molar-refractivity contribution in [2.75, 3.05) is 19.7 Å². The Kier molecular flexibility index (Phi) is 7.46. The summed E-state index contributed by atoms with van der Waals surface area (Å²) in [4.78, 5) is 3.96. The number of halogens is 4. The number of hydrogen-bond donors (Lipinski definition) is 2. The highest BCUT2D eigenvalue weighted by atomic mass is 35.5. The summed E-state index contributed by atoms with van der Waals surface area (Å²) in [5.74, 6) is -0.149. The largest absolute Gasteiger partial charge is 0.488 e. The summed E-state index contributed by atoms with van der Waals surface area (Å²) in [6, 6.07) is 3.96. The minimum absolute atomic E-state index is 0. The molecule has 5 heterocycles. The molecule has 0 spiro atoms. The van der Waals surface area contributed by atoms with E-state index in [1.54, 1.807) is 21.5 Å². The molecule has 1 unspecified atom stereocenters. The molecule has 13 heteroatoms. The van der Waals surface area contributed by atoms with Crippen LogP contribution >= 0.6 is 24.0 Å². The first-order valence-electron chi connectivity index (χ1n) is 11.2. The zero-order valence-corrected chi connectivity index (χ0v) is 21.1. The normalized spacial score (nSPS) is 19.6. The van der Waals surface area contributed by atoms with Gasteiger partial charge in [-0.15, -0.1) is 17.5 Å². The van der Waals surface area contributed by atoms with Gasteiger partial charge in [0.25, 0.3) is 0 Å². The van der Waals surface area contributed by atoms with Gasteiger partial charge in [-0.3, -0.25) is 4.98 Å². The highest BCUT2D eigenvalue weighted by Crippen LogP contribution is 2.34. The lowest BCUT2D eigenvalue weighted by molar-refractivity contribution is 0.00420. The fourth-order valence-corrected chi connectivity index (χ4v) is 4.50. The number of rotatable bonds is 6. The van der Waals surface area contributed by atoms with Crippen LogP contribution in [-0.4, -0.2) is 60.6 Å². The predicted octanol–water partition coefficient (Wildman–Crippen LogP) is 3.67. The lowest BCUT2D eigenvalue weighted by Gasteiger charge is -2.27. The second kappa shape index (κ2) is 10.3. The van der Waals surface area contributed by atoms with E-state index >= 15 is 0 Å². The van der Waals surface area contributed by atoms with E-state index in [4.69, 9.17) is 16.3 Å². The summed E-state index contributed by atoms with van der Waals surface area (Å²) in [7, 11) is 0. The van der Waals surface area contributed by atoms with Crippen LogP contribution in [0, 0.1) is 12.7 Å². The van der Waals surface area contributed by atoms with Gasteiger partial charge in [0.2, 0.25) is 0 Å². The summed E-state index contributed by atoms with van der Waals surface area (Å²) in [6.45, 7) is 4.16. The zero-order chi connectivity index (χ0) is 24.7. The van der Waals surface area contributed by atoms with E-state index in [0.29, 0.717) is 46.2 Å². The average Bonchev–Trinajstić information content (AvgIpc) is 3.40. The monoisotopic (exact) mass is 539 g/mol. The van der Waals surface area contributed by atoms with Crippen LogP contribution in [0.25, 0.3) is 16.8 Å². The highest BCUT2D eigenvalue weighted by Gasteiger charge is 2.30. The Labute approximate surface area is 216 Å². The van der Waals surface area contributed by atoms with Crippen LogP contribution in [0.3, 0.4) is 0 Å². The minimum atomic E-state index is -1.50. The molecule has 2 N–H and O–H groups in total. The number of piperidine rings is 1. The highest BCUT2D eigenvalue weighted by molar-refractivity contribution is 6.34. The molecule has 4 aromatic heterocycles. The van der Waals surface area contributed by atoms with Crippen molar-refractivity contribution in [3.63, 3.8) is 0 Å². The van der Waals surface area contributed by atoms with Crippen LogP contribution in [0.2, 0.25) is 5.02 Å². The predicted molar refractivity (Wildman–Crippen MR) is 132 cm³/mol. The van der Waals surface area contributed by atoms with Gasteiger partial charge in [-0.1, -0.05) is 16.8 Å². The first kappa shape index (κ1) is 26.2. The molecule has 4 aromatic rings. The Morgan fingerprint density at radius 2 is 2.14 bits per heavy atom. The van der Waals surface area contributed by atoms with Crippen molar-refractivity contribution in [3.05, 3.63) is 59.0 Å². The number of pyridine rings is 2. The summed E-state index contributed by atoms with van der Waals surface area (Å²) in [5, 5.41) is 27.1. The maximum atomic E-state index is 14.5. The third-order valence-corrected chi connectivity index (χ3v) is 6.49. The van der Waals surface area contributed by atoms with Crippen molar-refractivity contribution in [1.82, 2.24) is 34.9 Å². The summed E-state index contributed by atoms with van der Waals surface area (Å²) >= 11 is 6.35. The molecule has 9 nitrogen and oxygen atoms in total. The number of hydrogen-bond acceptors (Lipinski definition) is 7. The van der Waals surface area contributed by atoms with Crippen LogP contribution in [0.1, 0.15) is 30.8 Å². The van der Waals surface area contributed by atoms with Crippen molar-refractivity contribution in [1.29, 1.82) is 0 Å². The number of aromatic nitrogens is 6. The number of ether oxygens (including phenoxy) is 1. The van der Waals surface area contributed by atoms with Crippen molar-refractivity contribution in [2.24, 2.45) is 0 Å². The average molecular weight is 540 g/mol. The number of nitrogens with one attached hydrogen (secondary N) is 1. The molecular formula is C23H25Cl2F2N7O2. The molecule has 1 aliphatic heterocycles. The molecule has 192 valence electrons. The Morgan fingerprint density at radius 3 is 2.86 bits per heavy atom. The van der Waals surface area contributed by atoms with E-state index < -0.39 is 23.6 Å². The number of alkyl halides is 1. The van der Waals surface area contributed by atoms with Gasteiger partial charge < -0.3 is 15.2 Å². The second-order valence-electron chi connectivity index (χ2n) is 8.85. The van der Waals surface area contributed by atoms with E-state index in [2.05, 4.69) is 25.7 Å². The van der Waals surface area contributed by atoms with Crippen LogP contribution in [0.15, 0.2) is 36.8 Å². The number of aliphatic hydroxyl groups is 1. The third-order valence-electron chi connectivity index (χ3n) is 6.21. The maximum absolute atomic E-state index is 14.5. The lowest BCUT2D eigenvalue weighted by Crippen LogP contribution is -2.39. The van der Waals surface area contributed by atoms with Gasteiger partial charge in [-0.25, -0.2) is 18.0 Å². The smallest absolute Gasteiger partial charge is 0.147 e. The number of nitrogens with zero attached hydrogens (tertiary/aromatic N) is 6. The molecule has 0 amide bonds. The van der Waals surface area contributed by atoms with E-state index in [-0.39, 0.29) is 31.3 Å². The molecule has 1 saturated heterocycles. The van der Waals surface area contributed by atoms with Gasteiger partial charge in [0, 0.05) is 18.3 Å². The Bertz CT molecular complexity index is 1360. The zero-order valence-electron chi connectivity index (χ0n) is 19.5. The summed E-state index contributed by atoms with van der Waals surface area (Å²) < 4.78 is 37.0. The first-order chi connectivity index (χ1) is 16.7. The molecular weight excluding hydrogens is 515 g/mol. The quantitative estimate of drug-likeness (QED) is 0.385.